The summed E-state index contributed by atoms with van der Waals surface area (Å²) in [5.74, 6) is 0.311. The number of Topliss-reactive ketones (excluding diaryl/α,β-unsaturated/α-hetero) is 1. The van der Waals surface area contributed by atoms with E-state index in [-0.39, 0.29) is 23.8 Å². The van der Waals surface area contributed by atoms with E-state index in [1.807, 2.05) is 24.3 Å². The van der Waals surface area contributed by atoms with Gasteiger partial charge in [0.2, 0.25) is 0 Å². The van der Waals surface area contributed by atoms with Gasteiger partial charge in [-0.1, -0.05) is 23.9 Å². The second kappa shape index (κ2) is 9.88. The molecule has 1 fully saturated rings. The van der Waals surface area contributed by atoms with Crippen molar-refractivity contribution in [3.63, 3.8) is 0 Å². The van der Waals surface area contributed by atoms with Crippen molar-refractivity contribution < 1.29 is 19.1 Å². The van der Waals surface area contributed by atoms with Crippen LogP contribution in [0, 0.1) is 0 Å². The summed E-state index contributed by atoms with van der Waals surface area (Å²) in [6, 6.07) is 6.79. The van der Waals surface area contributed by atoms with Crippen LogP contribution in [-0.4, -0.2) is 47.2 Å². The second-order valence-corrected chi connectivity index (χ2v) is 8.74. The van der Waals surface area contributed by atoms with E-state index < -0.39 is 6.04 Å². The maximum atomic E-state index is 12.5. The van der Waals surface area contributed by atoms with Gasteiger partial charge in [0.05, 0.1) is 22.9 Å². The van der Waals surface area contributed by atoms with Gasteiger partial charge in [0.15, 0.2) is 10.1 Å². The smallest absolute Gasteiger partial charge is 0.315 e. The number of carbonyl (C=O) groups is 3. The summed E-state index contributed by atoms with van der Waals surface area (Å²) in [6.07, 6.45) is 1.84. The van der Waals surface area contributed by atoms with Crippen LogP contribution in [0.3, 0.4) is 0 Å². The molecule has 0 saturated carbocycles. The van der Waals surface area contributed by atoms with Crippen molar-refractivity contribution in [3.05, 3.63) is 24.3 Å². The average Bonchev–Trinajstić information content (AvgIpc) is 3.26. The van der Waals surface area contributed by atoms with Gasteiger partial charge >= 0.3 is 12.0 Å². The molecule has 2 heterocycles. The Labute approximate surface area is 171 Å². The molecule has 2 N–H and O–H groups in total. The van der Waals surface area contributed by atoms with Crippen LogP contribution in [0.2, 0.25) is 0 Å². The molecule has 1 aliphatic rings. The van der Waals surface area contributed by atoms with Crippen molar-refractivity contribution in [2.75, 3.05) is 12.4 Å². The van der Waals surface area contributed by atoms with Crippen LogP contribution in [0.4, 0.5) is 4.79 Å². The van der Waals surface area contributed by atoms with Crippen LogP contribution < -0.4 is 10.6 Å². The molecular formula is C19H23N3O4S2. The van der Waals surface area contributed by atoms with Crippen LogP contribution in [0.1, 0.15) is 32.6 Å². The largest absolute Gasteiger partial charge is 0.466 e. The van der Waals surface area contributed by atoms with Crippen molar-refractivity contribution in [1.82, 2.24) is 15.6 Å². The third kappa shape index (κ3) is 5.45. The number of para-hydroxylation sites is 1. The number of ether oxygens (including phenoxy) is 1. The van der Waals surface area contributed by atoms with E-state index in [1.165, 1.54) is 0 Å². The van der Waals surface area contributed by atoms with Gasteiger partial charge in [0, 0.05) is 18.6 Å². The summed E-state index contributed by atoms with van der Waals surface area (Å²) in [7, 11) is 0. The average molecular weight is 422 g/mol. The Morgan fingerprint density at radius 3 is 2.79 bits per heavy atom. The number of esters is 1. The summed E-state index contributed by atoms with van der Waals surface area (Å²) in [5, 5.41) is 5.54. The van der Waals surface area contributed by atoms with Gasteiger partial charge in [-0.05, 0) is 31.9 Å². The van der Waals surface area contributed by atoms with Gasteiger partial charge in [-0.2, -0.15) is 0 Å². The van der Waals surface area contributed by atoms with Gasteiger partial charge in [-0.15, -0.1) is 11.3 Å². The number of ketones is 1. The molecule has 1 aromatic heterocycles. The lowest BCUT2D eigenvalue weighted by Gasteiger charge is -2.16. The van der Waals surface area contributed by atoms with Crippen molar-refractivity contribution >= 4 is 51.1 Å². The maximum Gasteiger partial charge on any atom is 0.315 e. The number of fused-ring (bicyclic) bond motifs is 1. The molecule has 0 spiro atoms. The number of amides is 2. The first-order valence-electron chi connectivity index (χ1n) is 9.30. The number of hydrogen-bond donors (Lipinski definition) is 2. The maximum absolute atomic E-state index is 12.5. The number of benzene rings is 1. The molecule has 7 nitrogen and oxygen atoms in total. The lowest BCUT2D eigenvalue weighted by Crippen LogP contribution is -2.42. The van der Waals surface area contributed by atoms with Crippen LogP contribution in [0.5, 0.6) is 0 Å². The SMILES string of the molecule is CCOC(=O)CCCCC(=O)C1NC(=O)NC1CSc1nc2ccccc2s1. The summed E-state index contributed by atoms with van der Waals surface area (Å²) in [4.78, 5) is 40.2. The van der Waals surface area contributed by atoms with Gasteiger partial charge in [0.25, 0.3) is 0 Å². The molecule has 2 atom stereocenters. The molecule has 3 rings (SSSR count). The minimum Gasteiger partial charge on any atom is -0.466 e. The number of rotatable bonds is 10. The zero-order valence-corrected chi connectivity index (χ0v) is 17.2. The highest BCUT2D eigenvalue weighted by molar-refractivity contribution is 8.01. The third-order valence-electron chi connectivity index (χ3n) is 4.37. The fourth-order valence-electron chi connectivity index (χ4n) is 3.01. The molecule has 1 saturated heterocycles. The Kier molecular flexibility index (Phi) is 7.27. The Hall–Kier alpha value is -2.13. The molecule has 0 aliphatic carbocycles. The summed E-state index contributed by atoms with van der Waals surface area (Å²) in [6.45, 7) is 2.13. The minimum atomic E-state index is -0.544. The molecule has 2 unspecified atom stereocenters. The monoisotopic (exact) mass is 421 g/mol. The van der Waals surface area contributed by atoms with Crippen molar-refractivity contribution in [3.8, 4) is 0 Å². The van der Waals surface area contributed by atoms with E-state index in [1.54, 1.807) is 30.0 Å². The van der Waals surface area contributed by atoms with E-state index in [4.69, 9.17) is 4.74 Å². The number of thioether (sulfide) groups is 1. The molecule has 2 aromatic rings. The van der Waals surface area contributed by atoms with Crippen molar-refractivity contribution in [2.24, 2.45) is 0 Å². The zero-order valence-electron chi connectivity index (χ0n) is 15.6. The highest BCUT2D eigenvalue weighted by Crippen LogP contribution is 2.30. The number of unbranched alkanes of at least 4 members (excludes halogenated alkanes) is 1. The fourth-order valence-corrected chi connectivity index (χ4v) is 5.18. The molecule has 0 bridgehead atoms. The Morgan fingerprint density at radius 2 is 2.00 bits per heavy atom. The van der Waals surface area contributed by atoms with Crippen molar-refractivity contribution in [2.45, 2.75) is 49.0 Å². The Balaban J connectivity index is 1.48. The number of aromatic nitrogens is 1. The highest BCUT2D eigenvalue weighted by atomic mass is 32.2. The summed E-state index contributed by atoms with van der Waals surface area (Å²) >= 11 is 3.15. The topological polar surface area (TPSA) is 97.4 Å². The van der Waals surface area contributed by atoms with E-state index in [0.717, 1.165) is 14.6 Å². The number of carbonyl (C=O) groups excluding carboxylic acids is 3. The molecule has 0 radical (unpaired) electrons. The molecule has 1 aromatic carbocycles. The minimum absolute atomic E-state index is 0.0166. The predicted molar refractivity (Wildman–Crippen MR) is 110 cm³/mol. The predicted octanol–water partition coefficient (Wildman–Crippen LogP) is 3.13. The Morgan fingerprint density at radius 1 is 1.21 bits per heavy atom. The fraction of sp³-hybridized carbons (Fsp3) is 0.474. The quantitative estimate of drug-likeness (QED) is 0.348. The first kappa shape index (κ1) is 20.6. The van der Waals surface area contributed by atoms with Crippen LogP contribution >= 0.6 is 23.1 Å². The molecular weight excluding hydrogens is 398 g/mol. The number of thiazole rings is 1. The van der Waals surface area contributed by atoms with Crippen LogP contribution in [0.15, 0.2) is 28.6 Å². The molecule has 28 heavy (non-hydrogen) atoms. The van der Waals surface area contributed by atoms with Gasteiger partial charge < -0.3 is 15.4 Å². The summed E-state index contributed by atoms with van der Waals surface area (Å²) < 4.78 is 6.91. The van der Waals surface area contributed by atoms with E-state index in [9.17, 15) is 14.4 Å². The molecule has 1 aliphatic heterocycles. The first-order chi connectivity index (χ1) is 13.6. The third-order valence-corrected chi connectivity index (χ3v) is 6.67. The van der Waals surface area contributed by atoms with Crippen molar-refractivity contribution in [1.29, 1.82) is 0 Å². The molecule has 9 heteroatoms. The number of urea groups is 1. The van der Waals surface area contributed by atoms with Crippen LogP contribution in [0.25, 0.3) is 10.2 Å². The molecule has 2 amide bonds. The van der Waals surface area contributed by atoms with E-state index in [0.29, 0.717) is 38.0 Å². The second-order valence-electron chi connectivity index (χ2n) is 6.44. The number of nitrogens with zero attached hydrogens (tertiary/aromatic N) is 1. The van der Waals surface area contributed by atoms with Gasteiger partial charge in [0.1, 0.15) is 6.04 Å². The van der Waals surface area contributed by atoms with Gasteiger partial charge in [-0.25, -0.2) is 9.78 Å². The normalized spacial score (nSPS) is 18.7. The van der Waals surface area contributed by atoms with Gasteiger partial charge in [-0.3, -0.25) is 9.59 Å². The molecule has 150 valence electrons. The van der Waals surface area contributed by atoms with E-state index in [2.05, 4.69) is 15.6 Å². The van der Waals surface area contributed by atoms with Crippen LogP contribution in [-0.2, 0) is 14.3 Å². The number of hydrogen-bond acceptors (Lipinski definition) is 7. The first-order valence-corrected chi connectivity index (χ1v) is 11.1. The summed E-state index contributed by atoms with van der Waals surface area (Å²) in [5.41, 5.74) is 0.956. The lowest BCUT2D eigenvalue weighted by atomic mass is 10.0. The zero-order chi connectivity index (χ0) is 19.9. The van der Waals surface area contributed by atoms with E-state index >= 15 is 0 Å². The highest BCUT2D eigenvalue weighted by Gasteiger charge is 2.36. The number of nitrogens with one attached hydrogen (secondary N) is 2. The Bertz CT molecular complexity index is 822. The lowest BCUT2D eigenvalue weighted by molar-refractivity contribution is -0.143. The standard InChI is InChI=1S/C19H23N3O4S2/c1-2-26-16(24)10-6-4-8-14(23)17-13(20-18(25)22-17)11-27-19-21-12-7-3-5-9-15(12)28-19/h3,5,7,9,13,17H,2,4,6,8,10-11H2,1H3,(H2,20,22,25).